The van der Waals surface area contributed by atoms with E-state index in [0.29, 0.717) is 7.57 Å². The fraction of sp³-hybridized carbons (Fsp3) is 0. The summed E-state index contributed by atoms with van der Waals surface area (Å²) < 4.78 is 27.7. The second-order valence-corrected chi connectivity index (χ2v) is 9.20. The van der Waals surface area contributed by atoms with Gasteiger partial charge < -0.3 is 10.2 Å². The number of benzene rings is 1. The van der Waals surface area contributed by atoms with Crippen LogP contribution >= 0.6 is 43.2 Å². The molecular weight excluding hydrogens is 450 g/mol. The third-order valence-electron chi connectivity index (χ3n) is 2.43. The van der Waals surface area contributed by atoms with Crippen molar-refractivity contribution in [2.75, 3.05) is 4.72 Å². The first-order valence-electron chi connectivity index (χ1n) is 5.25. The summed E-state index contributed by atoms with van der Waals surface area (Å²) in [4.78, 5) is 10.9. The van der Waals surface area contributed by atoms with E-state index in [9.17, 15) is 18.3 Å². The number of halogens is 2. The van der Waals surface area contributed by atoms with Crippen molar-refractivity contribution in [1.82, 2.24) is 0 Å². The van der Waals surface area contributed by atoms with E-state index in [2.05, 4.69) is 36.6 Å². The quantitative estimate of drug-likeness (QED) is 0.611. The zero-order valence-corrected chi connectivity index (χ0v) is 14.8. The highest BCUT2D eigenvalue weighted by Crippen LogP contribution is 2.37. The predicted molar refractivity (Wildman–Crippen MR) is 85.6 cm³/mol. The number of carbonyl (C=O) groups is 1. The lowest BCUT2D eigenvalue weighted by Crippen LogP contribution is -2.13. The molecule has 0 fully saturated rings. The van der Waals surface area contributed by atoms with Crippen molar-refractivity contribution in [2.45, 2.75) is 4.90 Å². The SMILES string of the molecule is O=C(O)c1cccc(NS(=O)(=O)c2cc(Br)sc2Br)c1O. The number of sulfonamides is 1. The summed E-state index contributed by atoms with van der Waals surface area (Å²) in [6, 6.07) is 5.18. The molecule has 6 nitrogen and oxygen atoms in total. The summed E-state index contributed by atoms with van der Waals surface area (Å²) in [7, 11) is -3.96. The van der Waals surface area contributed by atoms with E-state index >= 15 is 0 Å². The summed E-state index contributed by atoms with van der Waals surface area (Å²) in [6.07, 6.45) is 0. The van der Waals surface area contributed by atoms with Crippen LogP contribution < -0.4 is 4.72 Å². The number of carboxylic acids is 1. The molecule has 2 rings (SSSR count). The standard InChI is InChI=1S/C11H7Br2NO5S2/c12-8-4-7(10(13)20-8)21(18,19)14-6-3-1-2-5(9(6)15)11(16)17/h1-4,14-15H,(H,16,17). The Bertz CT molecular complexity index is 816. The van der Waals surface area contributed by atoms with Gasteiger partial charge in [-0.15, -0.1) is 11.3 Å². The summed E-state index contributed by atoms with van der Waals surface area (Å²) in [5, 5.41) is 18.7. The second kappa shape index (κ2) is 5.95. The highest BCUT2D eigenvalue weighted by atomic mass is 79.9. The first-order valence-corrected chi connectivity index (χ1v) is 9.14. The molecule has 0 aliphatic heterocycles. The molecular formula is C11H7Br2NO5S2. The van der Waals surface area contributed by atoms with Gasteiger partial charge in [-0.3, -0.25) is 4.72 Å². The number of aromatic hydroxyl groups is 1. The Morgan fingerprint density at radius 2 is 1.95 bits per heavy atom. The molecule has 2 aromatic rings. The van der Waals surface area contributed by atoms with E-state index in [4.69, 9.17) is 5.11 Å². The molecule has 0 spiro atoms. The molecule has 10 heteroatoms. The van der Waals surface area contributed by atoms with E-state index < -0.39 is 21.7 Å². The summed E-state index contributed by atoms with van der Waals surface area (Å²) in [6.45, 7) is 0. The van der Waals surface area contributed by atoms with Crippen LogP contribution in [-0.4, -0.2) is 24.6 Å². The third-order valence-corrected chi connectivity index (χ3v) is 6.55. The van der Waals surface area contributed by atoms with Crippen LogP contribution in [0.15, 0.2) is 36.7 Å². The number of hydrogen-bond donors (Lipinski definition) is 3. The van der Waals surface area contributed by atoms with Crippen LogP contribution in [0.25, 0.3) is 0 Å². The average molecular weight is 457 g/mol. The lowest BCUT2D eigenvalue weighted by molar-refractivity contribution is 0.0694. The lowest BCUT2D eigenvalue weighted by Gasteiger charge is -2.10. The number of phenols is 1. The average Bonchev–Trinajstić information content (AvgIpc) is 2.71. The molecule has 21 heavy (non-hydrogen) atoms. The number of para-hydroxylation sites is 1. The number of nitrogens with one attached hydrogen (secondary N) is 1. The van der Waals surface area contributed by atoms with Crippen molar-refractivity contribution < 1.29 is 23.4 Å². The molecule has 1 aromatic heterocycles. The fourth-order valence-corrected chi connectivity index (χ4v) is 6.39. The van der Waals surface area contributed by atoms with Crippen molar-refractivity contribution in [1.29, 1.82) is 0 Å². The number of carboxylic acid groups (broad SMARTS) is 1. The molecule has 0 aliphatic carbocycles. The molecule has 1 heterocycles. The first kappa shape index (κ1) is 16.3. The van der Waals surface area contributed by atoms with Crippen molar-refractivity contribution in [3.05, 3.63) is 37.4 Å². The Balaban J connectivity index is 2.45. The van der Waals surface area contributed by atoms with Crippen LogP contribution in [0, 0.1) is 0 Å². The van der Waals surface area contributed by atoms with Crippen LogP contribution in [0.5, 0.6) is 5.75 Å². The largest absolute Gasteiger partial charge is 0.505 e. The van der Waals surface area contributed by atoms with Crippen LogP contribution in [-0.2, 0) is 10.0 Å². The zero-order valence-electron chi connectivity index (χ0n) is 10.0. The van der Waals surface area contributed by atoms with Crippen LogP contribution in [0.1, 0.15) is 10.4 Å². The highest BCUT2D eigenvalue weighted by Gasteiger charge is 2.23. The lowest BCUT2D eigenvalue weighted by atomic mass is 10.2. The van der Waals surface area contributed by atoms with Gasteiger partial charge in [0.2, 0.25) is 0 Å². The van der Waals surface area contributed by atoms with Gasteiger partial charge in [-0.2, -0.15) is 0 Å². The maximum atomic E-state index is 12.3. The number of aromatic carboxylic acids is 1. The topological polar surface area (TPSA) is 104 Å². The number of hydrogen-bond acceptors (Lipinski definition) is 5. The minimum atomic E-state index is -3.96. The van der Waals surface area contributed by atoms with E-state index in [1.165, 1.54) is 35.6 Å². The second-order valence-electron chi connectivity index (χ2n) is 3.80. The van der Waals surface area contributed by atoms with Crippen molar-refractivity contribution >= 4 is 64.9 Å². The van der Waals surface area contributed by atoms with Gasteiger partial charge in [0.25, 0.3) is 10.0 Å². The van der Waals surface area contributed by atoms with E-state index in [0.717, 1.165) is 0 Å². The van der Waals surface area contributed by atoms with Gasteiger partial charge in [0.15, 0.2) is 5.75 Å². The Labute approximate surface area is 140 Å². The Morgan fingerprint density at radius 1 is 1.29 bits per heavy atom. The normalized spacial score (nSPS) is 11.3. The predicted octanol–water partition coefficient (Wildman–Crippen LogP) is 3.48. The van der Waals surface area contributed by atoms with Crippen molar-refractivity contribution in [3.63, 3.8) is 0 Å². The Kier molecular flexibility index (Phi) is 4.61. The van der Waals surface area contributed by atoms with Gasteiger partial charge in [-0.05, 0) is 50.1 Å². The summed E-state index contributed by atoms with van der Waals surface area (Å²) in [5.41, 5.74) is -0.593. The van der Waals surface area contributed by atoms with E-state index in [1.807, 2.05) is 0 Å². The monoisotopic (exact) mass is 455 g/mol. The molecule has 0 bridgehead atoms. The van der Waals surface area contributed by atoms with Crippen LogP contribution in [0.3, 0.4) is 0 Å². The molecule has 0 aliphatic rings. The minimum absolute atomic E-state index is 0.0143. The van der Waals surface area contributed by atoms with E-state index in [1.54, 1.807) is 0 Å². The van der Waals surface area contributed by atoms with Gasteiger partial charge >= 0.3 is 5.97 Å². The molecule has 0 atom stereocenters. The Hall–Kier alpha value is -1.10. The van der Waals surface area contributed by atoms with Crippen LogP contribution in [0.4, 0.5) is 5.69 Å². The van der Waals surface area contributed by atoms with Gasteiger partial charge in [0.1, 0.15) is 10.5 Å². The smallest absolute Gasteiger partial charge is 0.339 e. The molecule has 3 N–H and O–H groups in total. The van der Waals surface area contributed by atoms with Gasteiger partial charge in [0.05, 0.1) is 13.3 Å². The molecule has 0 radical (unpaired) electrons. The molecule has 0 amide bonds. The van der Waals surface area contributed by atoms with Gasteiger partial charge in [0, 0.05) is 0 Å². The Morgan fingerprint density at radius 3 is 2.48 bits per heavy atom. The van der Waals surface area contributed by atoms with E-state index in [-0.39, 0.29) is 16.1 Å². The van der Waals surface area contributed by atoms with Crippen LogP contribution in [0.2, 0.25) is 0 Å². The van der Waals surface area contributed by atoms with Crippen molar-refractivity contribution in [2.24, 2.45) is 0 Å². The molecule has 0 saturated heterocycles. The number of anilines is 1. The number of thiophene rings is 1. The highest BCUT2D eigenvalue weighted by molar-refractivity contribution is 9.12. The fourth-order valence-electron chi connectivity index (χ4n) is 1.51. The van der Waals surface area contributed by atoms with Gasteiger partial charge in [-0.25, -0.2) is 13.2 Å². The maximum absolute atomic E-state index is 12.3. The zero-order chi connectivity index (χ0) is 15.8. The third kappa shape index (κ3) is 3.39. The molecule has 112 valence electrons. The summed E-state index contributed by atoms with van der Waals surface area (Å²) in [5.74, 6) is -1.99. The molecule has 0 saturated carbocycles. The first-order chi connectivity index (χ1) is 9.72. The maximum Gasteiger partial charge on any atom is 0.339 e. The number of rotatable bonds is 4. The summed E-state index contributed by atoms with van der Waals surface area (Å²) >= 11 is 7.49. The van der Waals surface area contributed by atoms with Gasteiger partial charge in [-0.1, -0.05) is 6.07 Å². The molecule has 1 aromatic carbocycles. The van der Waals surface area contributed by atoms with Crippen molar-refractivity contribution in [3.8, 4) is 5.75 Å². The minimum Gasteiger partial charge on any atom is -0.505 e. The molecule has 0 unspecified atom stereocenters.